The summed E-state index contributed by atoms with van der Waals surface area (Å²) < 4.78 is 24.7. The Balaban J connectivity index is 1.35. The van der Waals surface area contributed by atoms with E-state index in [1.807, 2.05) is 54.6 Å². The highest BCUT2D eigenvalue weighted by molar-refractivity contribution is 5.63. The topological polar surface area (TPSA) is 77.5 Å². The van der Waals surface area contributed by atoms with Crippen molar-refractivity contribution < 1.29 is 18.7 Å². The Hall–Kier alpha value is -3.71. The number of aliphatic hydroxyl groups excluding tert-OH is 1. The number of hydrogen-bond acceptors (Lipinski definition) is 5. The van der Waals surface area contributed by atoms with Gasteiger partial charge in [-0.1, -0.05) is 42.5 Å². The minimum Gasteiger partial charge on any atom is -0.491 e. The molecule has 1 atom stereocenters. The monoisotopic (exact) mass is 406 g/mol. The van der Waals surface area contributed by atoms with E-state index in [2.05, 4.69) is 5.10 Å². The molecule has 0 aliphatic rings. The highest BCUT2D eigenvalue weighted by Crippen LogP contribution is 2.22. The lowest BCUT2D eigenvalue weighted by Gasteiger charge is -2.12. The van der Waals surface area contributed by atoms with Gasteiger partial charge in [-0.15, -0.1) is 5.10 Å². The molecule has 6 nitrogen and oxygen atoms in total. The Bertz CT molecular complexity index is 1150. The second-order valence-corrected chi connectivity index (χ2v) is 6.72. The highest BCUT2D eigenvalue weighted by atomic mass is 19.1. The van der Waals surface area contributed by atoms with E-state index >= 15 is 0 Å². The van der Waals surface area contributed by atoms with E-state index in [4.69, 9.17) is 9.15 Å². The van der Waals surface area contributed by atoms with Gasteiger partial charge in [0.15, 0.2) is 0 Å². The van der Waals surface area contributed by atoms with Crippen LogP contribution in [-0.4, -0.2) is 27.6 Å². The largest absolute Gasteiger partial charge is 0.491 e. The van der Waals surface area contributed by atoms with Crippen molar-refractivity contribution in [3.05, 3.63) is 95.2 Å². The first-order valence-electron chi connectivity index (χ1n) is 9.39. The molecule has 0 spiro atoms. The number of rotatable bonds is 7. The van der Waals surface area contributed by atoms with Crippen LogP contribution in [0.2, 0.25) is 0 Å². The summed E-state index contributed by atoms with van der Waals surface area (Å²) in [6.07, 6.45) is -0.970. The van der Waals surface area contributed by atoms with E-state index < -0.39 is 17.7 Å². The molecule has 0 unspecified atom stereocenters. The van der Waals surface area contributed by atoms with E-state index in [9.17, 15) is 14.3 Å². The van der Waals surface area contributed by atoms with Crippen LogP contribution in [0, 0.1) is 5.82 Å². The predicted octanol–water partition coefficient (Wildman–Crippen LogP) is 3.75. The Labute approximate surface area is 171 Å². The molecule has 0 aliphatic carbocycles. The minimum atomic E-state index is -0.970. The third-order valence-electron chi connectivity index (χ3n) is 4.48. The van der Waals surface area contributed by atoms with Gasteiger partial charge < -0.3 is 14.3 Å². The van der Waals surface area contributed by atoms with E-state index in [0.717, 1.165) is 15.8 Å². The molecule has 0 saturated carbocycles. The summed E-state index contributed by atoms with van der Waals surface area (Å²) in [5.41, 5.74) is 2.63. The maximum absolute atomic E-state index is 13.0. The second kappa shape index (κ2) is 8.75. The number of hydrogen-bond donors (Lipinski definition) is 1. The fraction of sp³-hybridized carbons (Fsp3) is 0.130. The molecule has 0 radical (unpaired) electrons. The Morgan fingerprint density at radius 3 is 2.27 bits per heavy atom. The number of aliphatic hydroxyl groups is 1. The summed E-state index contributed by atoms with van der Waals surface area (Å²) in [7, 11) is 0. The molecule has 30 heavy (non-hydrogen) atoms. The van der Waals surface area contributed by atoms with Crippen LogP contribution >= 0.6 is 0 Å². The fourth-order valence-corrected chi connectivity index (χ4v) is 2.95. The molecule has 1 N–H and O–H groups in total. The number of halogens is 1. The van der Waals surface area contributed by atoms with Crippen LogP contribution in [0.25, 0.3) is 22.6 Å². The normalized spacial score (nSPS) is 11.9. The van der Waals surface area contributed by atoms with Gasteiger partial charge in [-0.25, -0.2) is 9.18 Å². The Kier molecular flexibility index (Phi) is 5.72. The quantitative estimate of drug-likeness (QED) is 0.506. The van der Waals surface area contributed by atoms with E-state index in [1.54, 1.807) is 0 Å². The first-order chi connectivity index (χ1) is 14.6. The lowest BCUT2D eigenvalue weighted by molar-refractivity contribution is 0.0875. The second-order valence-electron chi connectivity index (χ2n) is 6.72. The number of benzene rings is 3. The van der Waals surface area contributed by atoms with Crippen LogP contribution in [0.15, 0.2) is 88.1 Å². The molecule has 4 aromatic rings. The third-order valence-corrected chi connectivity index (χ3v) is 4.48. The van der Waals surface area contributed by atoms with E-state index in [-0.39, 0.29) is 19.0 Å². The first-order valence-corrected chi connectivity index (χ1v) is 9.39. The first kappa shape index (κ1) is 19.6. The molecule has 4 rings (SSSR count). The van der Waals surface area contributed by atoms with Gasteiger partial charge in [-0.05, 0) is 47.5 Å². The van der Waals surface area contributed by atoms with Crippen molar-refractivity contribution >= 4 is 0 Å². The van der Waals surface area contributed by atoms with Gasteiger partial charge in [0.2, 0.25) is 5.89 Å². The van der Waals surface area contributed by atoms with Gasteiger partial charge in [0.05, 0.1) is 6.54 Å². The standard InChI is InChI=1S/C23H19FN2O4/c24-19-10-6-18(7-11-19)22-25-26(23(28)30-22)14-20(27)15-29-21-12-8-17(9-13-21)16-4-2-1-3-5-16/h1-13,20,27H,14-15H2/t20-/m0/s1. The van der Waals surface area contributed by atoms with Crippen LogP contribution in [0.3, 0.4) is 0 Å². The molecule has 0 aliphatic heterocycles. The van der Waals surface area contributed by atoms with Gasteiger partial charge in [-0.2, -0.15) is 4.68 Å². The molecule has 1 heterocycles. The zero-order valence-electron chi connectivity index (χ0n) is 15.9. The van der Waals surface area contributed by atoms with Crippen LogP contribution in [0.5, 0.6) is 5.75 Å². The molecule has 0 amide bonds. The maximum Gasteiger partial charge on any atom is 0.437 e. The Morgan fingerprint density at radius 1 is 0.933 bits per heavy atom. The summed E-state index contributed by atoms with van der Waals surface area (Å²) in [4.78, 5) is 12.0. The predicted molar refractivity (Wildman–Crippen MR) is 110 cm³/mol. The summed E-state index contributed by atoms with van der Waals surface area (Å²) in [5, 5.41) is 14.3. The SMILES string of the molecule is O=c1oc(-c2ccc(F)cc2)nn1C[C@H](O)COc1ccc(-c2ccccc2)cc1. The zero-order chi connectivity index (χ0) is 20.9. The number of aromatic nitrogens is 2. The van der Waals surface area contributed by atoms with E-state index in [1.165, 1.54) is 24.3 Å². The summed E-state index contributed by atoms with van der Waals surface area (Å²) in [6.45, 7) is -0.110. The number of ether oxygens (including phenoxy) is 1. The van der Waals surface area contributed by atoms with Crippen molar-refractivity contribution in [2.24, 2.45) is 0 Å². The molecule has 1 aromatic heterocycles. The molecule has 3 aromatic carbocycles. The molecule has 0 bridgehead atoms. The Morgan fingerprint density at radius 2 is 1.57 bits per heavy atom. The molecule has 152 valence electrons. The van der Waals surface area contributed by atoms with Crippen molar-refractivity contribution in [3.8, 4) is 28.3 Å². The van der Waals surface area contributed by atoms with Crippen molar-refractivity contribution in [2.45, 2.75) is 12.6 Å². The summed E-state index contributed by atoms with van der Waals surface area (Å²) >= 11 is 0. The highest BCUT2D eigenvalue weighted by Gasteiger charge is 2.14. The molecule has 0 fully saturated rings. The molecular formula is C23H19FN2O4. The minimum absolute atomic E-state index is 0.0180. The zero-order valence-corrected chi connectivity index (χ0v) is 15.9. The third kappa shape index (κ3) is 4.64. The lowest BCUT2D eigenvalue weighted by Crippen LogP contribution is -2.29. The molecule has 7 heteroatoms. The van der Waals surface area contributed by atoms with Gasteiger partial charge in [0, 0.05) is 5.56 Å². The average Bonchev–Trinajstić information content (AvgIpc) is 3.14. The van der Waals surface area contributed by atoms with Gasteiger partial charge in [0.1, 0.15) is 24.3 Å². The van der Waals surface area contributed by atoms with Gasteiger partial charge in [0.25, 0.3) is 0 Å². The maximum atomic E-state index is 13.0. The fourth-order valence-electron chi connectivity index (χ4n) is 2.95. The van der Waals surface area contributed by atoms with Crippen LogP contribution in [0.4, 0.5) is 4.39 Å². The summed E-state index contributed by atoms with van der Waals surface area (Å²) in [5.74, 6) is -0.441. The molecular weight excluding hydrogens is 387 g/mol. The smallest absolute Gasteiger partial charge is 0.437 e. The van der Waals surface area contributed by atoms with Crippen LogP contribution in [0.1, 0.15) is 0 Å². The lowest BCUT2D eigenvalue weighted by atomic mass is 10.1. The molecule has 0 saturated heterocycles. The van der Waals surface area contributed by atoms with Gasteiger partial charge in [-0.3, -0.25) is 0 Å². The van der Waals surface area contributed by atoms with Crippen molar-refractivity contribution in [1.29, 1.82) is 0 Å². The van der Waals surface area contributed by atoms with Crippen LogP contribution in [-0.2, 0) is 6.54 Å². The van der Waals surface area contributed by atoms with Crippen LogP contribution < -0.4 is 10.5 Å². The summed E-state index contributed by atoms with van der Waals surface area (Å²) in [6, 6.07) is 22.9. The van der Waals surface area contributed by atoms with Crippen molar-refractivity contribution in [3.63, 3.8) is 0 Å². The average molecular weight is 406 g/mol. The van der Waals surface area contributed by atoms with Crippen molar-refractivity contribution in [1.82, 2.24) is 9.78 Å². The van der Waals surface area contributed by atoms with Gasteiger partial charge >= 0.3 is 5.76 Å². The van der Waals surface area contributed by atoms with E-state index in [0.29, 0.717) is 11.3 Å². The van der Waals surface area contributed by atoms with Crippen molar-refractivity contribution in [2.75, 3.05) is 6.61 Å². The number of nitrogens with zero attached hydrogens (tertiary/aromatic N) is 2.